The van der Waals surface area contributed by atoms with Crippen molar-refractivity contribution >= 4 is 21.6 Å². The lowest BCUT2D eigenvalue weighted by Gasteiger charge is -2.31. The zero-order valence-corrected chi connectivity index (χ0v) is 18.8. The van der Waals surface area contributed by atoms with Crippen molar-refractivity contribution in [3.05, 3.63) is 41.2 Å². The number of carbonyl (C=O) groups is 1. The van der Waals surface area contributed by atoms with E-state index < -0.39 is 27.6 Å². The van der Waals surface area contributed by atoms with Crippen molar-refractivity contribution in [2.75, 3.05) is 25.1 Å². The molecule has 2 aromatic rings. The van der Waals surface area contributed by atoms with Crippen LogP contribution in [0.1, 0.15) is 28.0 Å². The van der Waals surface area contributed by atoms with Crippen LogP contribution in [0.15, 0.2) is 29.3 Å². The Morgan fingerprint density at radius 3 is 2.85 bits per heavy atom. The number of benzene rings is 1. The van der Waals surface area contributed by atoms with E-state index in [2.05, 4.69) is 27.9 Å². The highest BCUT2D eigenvalue weighted by Gasteiger charge is 2.36. The second-order valence-electron chi connectivity index (χ2n) is 8.04. The average molecular weight is 471 g/mol. The number of nitrogens with zero attached hydrogens (tertiary/aromatic N) is 2. The predicted molar refractivity (Wildman–Crippen MR) is 117 cm³/mol. The number of aliphatic hydroxyl groups is 1. The Labute approximate surface area is 191 Å². The van der Waals surface area contributed by atoms with E-state index in [4.69, 9.17) is 9.47 Å². The fourth-order valence-corrected chi connectivity index (χ4v) is 4.90. The zero-order chi connectivity index (χ0) is 23.8. The number of aryl methyl sites for hydroxylation is 2. The molecule has 1 aromatic heterocycles. The zero-order valence-electron chi connectivity index (χ0n) is 18.0. The summed E-state index contributed by atoms with van der Waals surface area (Å²) in [7, 11) is -2.44. The van der Waals surface area contributed by atoms with Crippen molar-refractivity contribution < 1.29 is 27.8 Å². The van der Waals surface area contributed by atoms with E-state index in [9.17, 15) is 23.6 Å². The van der Waals surface area contributed by atoms with Crippen LogP contribution in [0.3, 0.4) is 0 Å². The normalized spacial score (nSPS) is 20.0. The number of amides is 1. The van der Waals surface area contributed by atoms with Gasteiger partial charge in [-0.25, -0.2) is 13.1 Å². The number of rotatable bonds is 3. The Morgan fingerprint density at radius 2 is 2.18 bits per heavy atom. The molecular weight excluding hydrogens is 448 g/mol. The molecule has 1 fully saturated rings. The highest BCUT2D eigenvalue weighted by atomic mass is 32.2. The lowest BCUT2D eigenvalue weighted by Crippen LogP contribution is -2.48. The number of nitriles is 1. The van der Waals surface area contributed by atoms with E-state index in [0.29, 0.717) is 11.3 Å². The predicted octanol–water partition coefficient (Wildman–Crippen LogP) is 0.652. The Kier molecular flexibility index (Phi) is 5.91. The Bertz CT molecular complexity index is 1330. The van der Waals surface area contributed by atoms with Gasteiger partial charge in [0, 0.05) is 25.4 Å². The summed E-state index contributed by atoms with van der Waals surface area (Å²) in [6.45, 7) is 1.97. The lowest BCUT2D eigenvalue weighted by molar-refractivity contribution is -0.140. The van der Waals surface area contributed by atoms with Gasteiger partial charge in [0.25, 0.3) is 5.91 Å². The first-order valence-electron chi connectivity index (χ1n) is 10.1. The van der Waals surface area contributed by atoms with Gasteiger partial charge in [0.05, 0.1) is 30.9 Å². The Hall–Kier alpha value is -3.35. The van der Waals surface area contributed by atoms with Gasteiger partial charge in [-0.2, -0.15) is 5.26 Å². The molecule has 0 saturated carbocycles. The molecule has 1 aromatic carbocycles. The number of sulfonamides is 1. The summed E-state index contributed by atoms with van der Waals surface area (Å²) < 4.78 is 40.4. The molecule has 4 rings (SSSR count). The van der Waals surface area contributed by atoms with E-state index in [-0.39, 0.29) is 42.6 Å². The number of nitrogens with one attached hydrogen (secondary N) is 2. The number of ether oxygens (including phenoxy) is 2. The van der Waals surface area contributed by atoms with Crippen molar-refractivity contribution in [1.29, 1.82) is 5.26 Å². The molecule has 1 atom stereocenters. The van der Waals surface area contributed by atoms with Crippen LogP contribution in [0.4, 0.5) is 5.69 Å². The smallest absolute Gasteiger partial charge is 0.276 e. The molecule has 0 radical (unpaired) electrons. The van der Waals surface area contributed by atoms with Gasteiger partial charge in [0.2, 0.25) is 10.0 Å². The minimum atomic E-state index is -3.98. The van der Waals surface area contributed by atoms with E-state index in [1.807, 2.05) is 0 Å². The number of carbonyl (C=O) groups excluding carboxylic acids is 1. The maximum Gasteiger partial charge on any atom is 0.276 e. The fraction of sp³-hybridized carbons (Fsp3) is 0.364. The van der Waals surface area contributed by atoms with Crippen molar-refractivity contribution in [3.63, 3.8) is 0 Å². The van der Waals surface area contributed by atoms with Gasteiger partial charge in [-0.3, -0.25) is 4.79 Å². The monoisotopic (exact) mass is 470 g/mol. The van der Waals surface area contributed by atoms with Gasteiger partial charge >= 0.3 is 0 Å². The highest BCUT2D eigenvalue weighted by Crippen LogP contribution is 2.33. The second-order valence-corrected chi connectivity index (χ2v) is 9.72. The molecule has 0 bridgehead atoms. The van der Waals surface area contributed by atoms with Crippen LogP contribution in [0.2, 0.25) is 0 Å². The van der Waals surface area contributed by atoms with Crippen molar-refractivity contribution in [2.24, 2.45) is 7.05 Å². The third-order valence-electron chi connectivity index (χ3n) is 5.32. The van der Waals surface area contributed by atoms with Gasteiger partial charge in [0.15, 0.2) is 17.0 Å². The third-order valence-corrected chi connectivity index (χ3v) is 6.84. The van der Waals surface area contributed by atoms with E-state index >= 15 is 0 Å². The molecule has 2 aliphatic heterocycles. The van der Waals surface area contributed by atoms with E-state index in [1.165, 1.54) is 10.8 Å². The van der Waals surface area contributed by atoms with E-state index in [0.717, 1.165) is 5.56 Å². The minimum Gasteiger partial charge on any atom is -0.488 e. The quantitative estimate of drug-likeness (QED) is 0.559. The van der Waals surface area contributed by atoms with E-state index in [1.54, 1.807) is 32.2 Å². The van der Waals surface area contributed by atoms with Gasteiger partial charge in [-0.15, -0.1) is 0 Å². The van der Waals surface area contributed by atoms with Crippen LogP contribution in [0, 0.1) is 30.1 Å². The molecule has 2 aliphatic rings. The summed E-state index contributed by atoms with van der Waals surface area (Å²) in [6, 6.07) is 6.30. The van der Waals surface area contributed by atoms with Crippen LogP contribution in [0.25, 0.3) is 0 Å². The number of hydrogen-bond acceptors (Lipinski definition) is 7. The first kappa shape index (κ1) is 22.8. The number of aromatic nitrogens is 1. The first-order valence-corrected chi connectivity index (χ1v) is 11.6. The number of hydrogen-bond donors (Lipinski definition) is 3. The molecule has 3 N–H and O–H groups in total. The molecular formula is C22H22N4O6S. The van der Waals surface area contributed by atoms with Crippen molar-refractivity contribution in [2.45, 2.75) is 29.9 Å². The van der Waals surface area contributed by atoms with Gasteiger partial charge in [-0.1, -0.05) is 17.9 Å². The molecule has 1 saturated heterocycles. The Balaban J connectivity index is 1.56. The summed E-state index contributed by atoms with van der Waals surface area (Å²) in [5.74, 6) is 4.83. The van der Waals surface area contributed by atoms with Crippen LogP contribution in [0.5, 0.6) is 5.75 Å². The standard InChI is InChI=1S/C22H22N4O6S/c1-14-5-6-16(8-15(14)9-23)24-21(27)19-20-18(10-26(19)2)33(29,30)25-17(11-32-20)4-3-7-22(28)12-31-13-22/h5-6,8,10,17,25,28H,4,11-13H2,1-2H3,(H,24,27)/t17-/m1/s1. The molecule has 33 heavy (non-hydrogen) atoms. The lowest BCUT2D eigenvalue weighted by atomic mass is 10.0. The average Bonchev–Trinajstić information content (AvgIpc) is 3.03. The molecule has 0 spiro atoms. The molecule has 11 heteroatoms. The van der Waals surface area contributed by atoms with Crippen LogP contribution >= 0.6 is 0 Å². The topological polar surface area (TPSA) is 143 Å². The molecule has 10 nitrogen and oxygen atoms in total. The summed E-state index contributed by atoms with van der Waals surface area (Å²) in [6.07, 6.45) is 1.42. The van der Waals surface area contributed by atoms with Gasteiger partial charge < -0.3 is 24.5 Å². The molecule has 0 unspecified atom stereocenters. The Morgan fingerprint density at radius 1 is 1.42 bits per heavy atom. The maximum atomic E-state index is 13.0. The molecule has 3 heterocycles. The van der Waals surface area contributed by atoms with Crippen molar-refractivity contribution in [3.8, 4) is 23.7 Å². The summed E-state index contributed by atoms with van der Waals surface area (Å²) in [5.41, 5.74) is 0.430. The first-order chi connectivity index (χ1) is 15.6. The van der Waals surface area contributed by atoms with Gasteiger partial charge in [0.1, 0.15) is 11.5 Å². The fourth-order valence-electron chi connectivity index (χ4n) is 3.49. The maximum absolute atomic E-state index is 13.0. The largest absolute Gasteiger partial charge is 0.488 e. The molecule has 172 valence electrons. The minimum absolute atomic E-state index is 0.0297. The van der Waals surface area contributed by atoms with Gasteiger partial charge in [-0.05, 0) is 24.6 Å². The second kappa shape index (κ2) is 8.54. The van der Waals surface area contributed by atoms with Crippen LogP contribution < -0.4 is 14.8 Å². The van der Waals surface area contributed by atoms with Crippen LogP contribution in [-0.2, 0) is 21.8 Å². The summed E-state index contributed by atoms with van der Waals surface area (Å²) in [4.78, 5) is 12.9. The van der Waals surface area contributed by atoms with Crippen molar-refractivity contribution in [1.82, 2.24) is 9.29 Å². The highest BCUT2D eigenvalue weighted by molar-refractivity contribution is 7.89. The number of anilines is 1. The summed E-state index contributed by atoms with van der Waals surface area (Å²) in [5, 5.41) is 21.9. The molecule has 0 aliphatic carbocycles. The molecule has 1 amide bonds. The SMILES string of the molecule is Cc1ccc(NC(=O)c2c3c(cn2C)S(=O)(=O)N[C@H](CC#CC2(O)COC2)CO3)cc1C#N. The third kappa shape index (κ3) is 4.58. The van der Waals surface area contributed by atoms with Crippen LogP contribution in [-0.4, -0.2) is 55.5 Å². The number of fused-ring (bicyclic) bond motifs is 1. The summed E-state index contributed by atoms with van der Waals surface area (Å²) >= 11 is 0.